The molecule has 0 atom stereocenters. The number of nitrogens with zero attached hydrogens (tertiary/aromatic N) is 3. The Labute approximate surface area is 577 Å². The monoisotopic (exact) mass is 1270 g/mol. The third-order valence-electron chi connectivity index (χ3n) is 9.91. The molecule has 0 N–H and O–H groups in total. The largest absolute Gasteiger partial charge is 0.225 e. The van der Waals surface area contributed by atoms with Crippen LogP contribution in [0.2, 0.25) is 0 Å². The van der Waals surface area contributed by atoms with Crippen LogP contribution in [-0.2, 0) is 0 Å². The number of hydrogen-bond donors (Lipinski definition) is 0. The lowest BCUT2D eigenvalue weighted by Gasteiger charge is -2.05. The Balaban J connectivity index is -0.0000000375. The molecule has 3 saturated carbocycles. The molecule has 0 aliphatic heterocycles. The minimum atomic E-state index is 1.14. The maximum absolute atomic E-state index is 3.56. The van der Waals surface area contributed by atoms with Gasteiger partial charge in [-0.1, -0.05) is 456 Å². The fourth-order valence-corrected chi connectivity index (χ4v) is 6.61. The van der Waals surface area contributed by atoms with Gasteiger partial charge in [-0.05, 0) is 89.9 Å². The van der Waals surface area contributed by atoms with Crippen molar-refractivity contribution in [2.45, 2.75) is 461 Å². The van der Waals surface area contributed by atoms with E-state index in [1.54, 1.807) is 0 Å². The highest BCUT2D eigenvalue weighted by Gasteiger charge is 1.97. The third kappa shape index (κ3) is 234. The van der Waals surface area contributed by atoms with Crippen molar-refractivity contribution in [2.75, 3.05) is 0 Å². The van der Waals surface area contributed by atoms with Crippen LogP contribution in [-0.4, -0.2) is 15.0 Å². The summed E-state index contributed by atoms with van der Waals surface area (Å²) >= 11 is 0. The van der Waals surface area contributed by atoms with E-state index in [0.29, 0.717) is 0 Å². The van der Waals surface area contributed by atoms with E-state index < -0.39 is 0 Å². The van der Waals surface area contributed by atoms with Crippen LogP contribution in [0.15, 0.2) is 104 Å². The first-order valence-electron chi connectivity index (χ1n) is 40.6. The zero-order valence-electron chi connectivity index (χ0n) is 70.5. The Kier molecular flexibility index (Phi) is 362. The lowest BCUT2D eigenvalue weighted by molar-refractivity contribution is 0.504. The highest BCUT2D eigenvalue weighted by molar-refractivity contribution is 5.12. The zero-order chi connectivity index (χ0) is 73.5. The first kappa shape index (κ1) is 135. The Morgan fingerprint density at radius 1 is 0.135 bits per heavy atom. The molecule has 0 radical (unpaired) electrons. The van der Waals surface area contributed by atoms with Crippen molar-refractivity contribution < 1.29 is 0 Å². The molecule has 0 saturated heterocycles. The number of aromatic nitrogens is 3. The van der Waals surface area contributed by atoms with Crippen LogP contribution in [0.4, 0.5) is 0 Å². The summed E-state index contributed by atoms with van der Waals surface area (Å²) in [5.41, 5.74) is 0. The first-order chi connectivity index (χ1) is 44.5. The van der Waals surface area contributed by atoms with Crippen LogP contribution < -0.4 is 0 Å². The molecule has 0 bridgehead atoms. The van der Waals surface area contributed by atoms with E-state index in [1.165, 1.54) is 224 Å². The predicted molar refractivity (Wildman–Crippen MR) is 440 cm³/mol. The van der Waals surface area contributed by atoms with Gasteiger partial charge in [-0.25, -0.2) is 15.0 Å². The van der Waals surface area contributed by atoms with Crippen LogP contribution in [0.25, 0.3) is 0 Å². The number of hydrogen-bond acceptors (Lipinski definition) is 3. The molecule has 1 heterocycles. The molecule has 0 spiro atoms. The maximum Gasteiger partial charge on any atom is 0.119 e. The van der Waals surface area contributed by atoms with Crippen molar-refractivity contribution in [2.24, 2.45) is 0 Å². The van der Waals surface area contributed by atoms with Crippen LogP contribution in [0.3, 0.4) is 0 Å². The molecule has 0 unspecified atom stereocenters. The molecule has 1 aromatic heterocycles. The van der Waals surface area contributed by atoms with Gasteiger partial charge in [-0.15, -0.1) is 0 Å². The minimum absolute atomic E-state index is 1.14. The van der Waals surface area contributed by atoms with Gasteiger partial charge in [0, 0.05) is 0 Å². The third-order valence-corrected chi connectivity index (χ3v) is 9.91. The van der Waals surface area contributed by atoms with E-state index in [-0.39, 0.29) is 0 Å². The van der Waals surface area contributed by atoms with Crippen molar-refractivity contribution in [1.82, 2.24) is 15.0 Å². The molecule has 1 aromatic rings. The summed E-state index contributed by atoms with van der Waals surface area (Å²) in [6.07, 6.45) is 81.8. The van der Waals surface area contributed by atoms with Crippen LogP contribution in [0, 0.1) is 0 Å². The normalized spacial score (nSPS) is 13.2. The second-order valence-electron chi connectivity index (χ2n) is 15.0. The zero-order valence-corrected chi connectivity index (χ0v) is 70.5. The van der Waals surface area contributed by atoms with Crippen molar-refractivity contribution in [3.05, 3.63) is 104 Å². The van der Waals surface area contributed by atoms with Gasteiger partial charge in [-0.3, -0.25) is 0 Å². The fraction of sp³-hybridized carbons (Fsp3) is 0.802. The smallest absolute Gasteiger partial charge is 0.119 e. The lowest BCUT2D eigenvalue weighted by Crippen LogP contribution is -1.85. The molecule has 8 aliphatic rings. The second kappa shape index (κ2) is 240. The van der Waals surface area contributed by atoms with Gasteiger partial charge >= 0.3 is 0 Å². The molecule has 550 valence electrons. The van der Waals surface area contributed by atoms with Crippen molar-refractivity contribution in [1.29, 1.82) is 0 Å². The topological polar surface area (TPSA) is 38.7 Å². The highest BCUT2D eigenvalue weighted by atomic mass is 14.9. The van der Waals surface area contributed by atoms with Crippen LogP contribution in [0.1, 0.15) is 461 Å². The quantitative estimate of drug-likeness (QED) is 0.192. The van der Waals surface area contributed by atoms with E-state index in [2.05, 4.69) is 100 Å². The van der Waals surface area contributed by atoms with Gasteiger partial charge in [0.2, 0.25) is 0 Å². The summed E-state index contributed by atoms with van der Waals surface area (Å²) in [6.45, 7) is 72.0. The average molecular weight is 1270 g/mol. The maximum atomic E-state index is 3.56. The Morgan fingerprint density at radius 2 is 0.270 bits per heavy atom. The van der Waals surface area contributed by atoms with E-state index in [9.17, 15) is 0 Å². The summed E-state index contributed by atoms with van der Waals surface area (Å²) in [4.78, 5) is 10.7. The molecule has 9 rings (SSSR count). The molecular formula is C86H191N3. The Hall–Kier alpha value is -2.81. The van der Waals surface area contributed by atoms with Gasteiger partial charge in [-0.2, -0.15) is 0 Å². The average Bonchev–Trinajstić information content (AvgIpc) is 4.55. The fourth-order valence-electron chi connectivity index (χ4n) is 6.61. The Morgan fingerprint density at radius 3 is 0.371 bits per heavy atom. The molecule has 3 nitrogen and oxygen atoms in total. The molecule has 8 aliphatic carbocycles. The Bertz CT molecular complexity index is 917. The molecule has 3 heteroatoms. The summed E-state index contributed by atoms with van der Waals surface area (Å²) < 4.78 is 0. The van der Waals surface area contributed by atoms with Crippen LogP contribution >= 0.6 is 0 Å². The van der Waals surface area contributed by atoms with E-state index in [4.69, 9.17) is 0 Å². The second-order valence-corrected chi connectivity index (χ2v) is 15.0. The van der Waals surface area contributed by atoms with Crippen LogP contribution in [0.5, 0.6) is 0 Å². The lowest BCUT2D eigenvalue weighted by atomic mass is 10.0. The SMILES string of the molecule is C1=CCC=C1.C1=CCCC1.C1=CCCC=C1.C1=CCCCC1.C1=CCCCCC1.C1CCCC1.C1CCCCC1.C1CCCCCC1.CC.CC.CC.CC.CC.CC.CC.CC.CC.CC.CC.CC.CC.CC.CC.CC.CC.CC.c1ncncn1. The molecular weight excluding hydrogens is 1070 g/mol. The molecule has 89 heavy (non-hydrogen) atoms. The van der Waals surface area contributed by atoms with Gasteiger partial charge in [0.15, 0.2) is 0 Å². The van der Waals surface area contributed by atoms with E-state index >= 15 is 0 Å². The highest BCUT2D eigenvalue weighted by Crippen LogP contribution is 2.17. The molecule has 0 amide bonds. The van der Waals surface area contributed by atoms with Crippen molar-refractivity contribution in [3.63, 3.8) is 0 Å². The summed E-state index contributed by atoms with van der Waals surface area (Å²) in [5, 5.41) is 0. The molecule has 3 fully saturated rings. The predicted octanol–water partition coefficient (Wildman–Crippen LogP) is 35.1. The minimum Gasteiger partial charge on any atom is -0.225 e. The van der Waals surface area contributed by atoms with Gasteiger partial charge in [0.1, 0.15) is 19.0 Å². The summed E-state index contributed by atoms with van der Waals surface area (Å²) in [5.74, 6) is 0. The van der Waals surface area contributed by atoms with E-state index in [0.717, 1.165) is 6.42 Å². The first-order valence-corrected chi connectivity index (χ1v) is 40.6. The van der Waals surface area contributed by atoms with Gasteiger partial charge in [0.25, 0.3) is 0 Å². The van der Waals surface area contributed by atoms with Crippen molar-refractivity contribution in [3.8, 4) is 0 Å². The van der Waals surface area contributed by atoms with E-state index in [1.807, 2.05) is 249 Å². The molecule has 0 aromatic carbocycles. The number of allylic oxidation sites excluding steroid dienone is 14. The summed E-state index contributed by atoms with van der Waals surface area (Å²) in [6, 6.07) is 0. The number of rotatable bonds is 0. The van der Waals surface area contributed by atoms with Gasteiger partial charge in [0.05, 0.1) is 0 Å². The standard InChI is InChI=1S/C7H14.C7H12.C6H12.C6H10.C6H8.C5H10.C5H8.C5H6.C3H3N3.18C2H6/c2*1-2-4-6-7-5-3-1;3*1-2-4-6-5-3-1;3*1-2-4-5-3-1;1-4-2-6-3-5-1;18*1-2/h1-7H2;1-2H,3-7H2;1-6H2;1-2H,3-6H2;1-4H,5-6H2;1-5H2;1-2H,3-5H2;1-4H,5H2;1-3H;18*1-2H3. The summed E-state index contributed by atoms with van der Waals surface area (Å²) in [7, 11) is 0. The van der Waals surface area contributed by atoms with Gasteiger partial charge < -0.3 is 0 Å². The van der Waals surface area contributed by atoms with Crippen molar-refractivity contribution >= 4 is 0 Å².